The summed E-state index contributed by atoms with van der Waals surface area (Å²) in [4.78, 5) is 33.4. The Kier molecular flexibility index (Phi) is 2.51. The van der Waals surface area contributed by atoms with Crippen LogP contribution in [0.1, 0.15) is 22.3 Å². The van der Waals surface area contributed by atoms with Gasteiger partial charge in [-0.2, -0.15) is 0 Å². The quantitative estimate of drug-likeness (QED) is 0.633. The maximum absolute atomic E-state index is 11.7. The third-order valence-electron chi connectivity index (χ3n) is 2.65. The van der Waals surface area contributed by atoms with Crippen molar-refractivity contribution >= 4 is 13.4 Å². The number of aryl methyl sites for hydroxylation is 1. The van der Waals surface area contributed by atoms with E-state index < -0.39 is 19.0 Å². The number of hydrogen-bond acceptors (Lipinski definition) is 4. The first kappa shape index (κ1) is 10.6. The van der Waals surface area contributed by atoms with Gasteiger partial charge in [0.1, 0.15) is 0 Å². The number of hydrogen-bond donors (Lipinski definition) is 0. The molecule has 1 atom stereocenters. The van der Waals surface area contributed by atoms with Gasteiger partial charge in [0.15, 0.2) is 5.78 Å². The van der Waals surface area contributed by atoms with Crippen molar-refractivity contribution in [2.45, 2.75) is 18.5 Å². The highest BCUT2D eigenvalue weighted by molar-refractivity contribution is 7.50. The lowest BCUT2D eigenvalue weighted by Crippen LogP contribution is -2.35. The molecule has 0 saturated heterocycles. The van der Waals surface area contributed by atoms with Crippen LogP contribution in [-0.4, -0.2) is 11.4 Å². The van der Waals surface area contributed by atoms with Crippen molar-refractivity contribution in [3.63, 3.8) is 0 Å². The maximum atomic E-state index is 11.7. The number of benzene rings is 1. The summed E-state index contributed by atoms with van der Waals surface area (Å²) in [5.41, 5.74) is -0.166. The number of carbonyl (C=O) groups is 1. The molecule has 4 nitrogen and oxygen atoms in total. The van der Waals surface area contributed by atoms with Crippen molar-refractivity contribution in [1.82, 2.24) is 0 Å². The predicted octanol–water partition coefficient (Wildman–Crippen LogP) is 0.0978. The van der Waals surface area contributed by atoms with Crippen LogP contribution >= 0.6 is 7.60 Å². The lowest BCUT2D eigenvalue weighted by Gasteiger charge is -2.39. The Labute approximate surface area is 87.1 Å². The molecular weight excluding hydrogens is 215 g/mol. The monoisotopic (exact) mass is 224 g/mol. The first-order valence-corrected chi connectivity index (χ1v) is 6.25. The summed E-state index contributed by atoms with van der Waals surface area (Å²) in [5, 5.41) is 0. The third-order valence-corrected chi connectivity index (χ3v) is 3.91. The van der Waals surface area contributed by atoms with Crippen molar-refractivity contribution < 1.29 is 19.1 Å². The van der Waals surface area contributed by atoms with Gasteiger partial charge in [-0.1, -0.05) is 31.9 Å². The lowest BCUT2D eigenvalue weighted by molar-refractivity contribution is -0.315. The number of Topliss-reactive ketones (excluding diaryl/α,β-unsaturated/α-hetero) is 1. The fourth-order valence-corrected chi connectivity index (χ4v) is 2.75. The minimum absolute atomic E-state index is 0.111. The summed E-state index contributed by atoms with van der Waals surface area (Å²) in [6, 6.07) is 6.81. The van der Waals surface area contributed by atoms with Crippen molar-refractivity contribution in [2.75, 3.05) is 0 Å². The summed E-state index contributed by atoms with van der Waals surface area (Å²) in [7, 11) is -4.80. The number of fused-ring (bicyclic) bond motifs is 1. The normalized spacial score (nSPS) is 21.2. The molecule has 0 amide bonds. The average Bonchev–Trinajstić information content (AvgIpc) is 2.16. The topological polar surface area (TPSA) is 80.3 Å². The van der Waals surface area contributed by atoms with Gasteiger partial charge >= 0.3 is 0 Å². The highest BCUT2D eigenvalue weighted by Crippen LogP contribution is 2.40. The molecule has 80 valence electrons. The zero-order valence-electron chi connectivity index (χ0n) is 7.88. The van der Waals surface area contributed by atoms with E-state index in [0.29, 0.717) is 12.0 Å². The summed E-state index contributed by atoms with van der Waals surface area (Å²) >= 11 is 0. The second kappa shape index (κ2) is 3.56. The highest BCUT2D eigenvalue weighted by atomic mass is 31.2. The summed E-state index contributed by atoms with van der Waals surface area (Å²) in [5.74, 6) is -0.551. The van der Waals surface area contributed by atoms with Crippen molar-refractivity contribution in [3.8, 4) is 0 Å². The molecule has 5 heteroatoms. The van der Waals surface area contributed by atoms with Gasteiger partial charge in [0, 0.05) is 5.56 Å². The summed E-state index contributed by atoms with van der Waals surface area (Å²) in [6.45, 7) is 0. The Morgan fingerprint density at radius 2 is 1.93 bits per heavy atom. The molecule has 1 aliphatic rings. The third kappa shape index (κ3) is 1.88. The van der Waals surface area contributed by atoms with Gasteiger partial charge in [-0.05, 0) is 18.4 Å². The second-order valence-electron chi connectivity index (χ2n) is 3.62. The molecule has 2 rings (SSSR count). The summed E-state index contributed by atoms with van der Waals surface area (Å²) < 4.78 is 10.9. The van der Waals surface area contributed by atoms with Gasteiger partial charge in [0.05, 0.1) is 5.66 Å². The minimum atomic E-state index is -4.80. The van der Waals surface area contributed by atoms with Crippen LogP contribution in [0, 0.1) is 0 Å². The van der Waals surface area contributed by atoms with Gasteiger partial charge < -0.3 is 14.4 Å². The van der Waals surface area contributed by atoms with E-state index in [1.165, 1.54) is 0 Å². The Hall–Kier alpha value is -0.960. The molecule has 0 radical (unpaired) electrons. The van der Waals surface area contributed by atoms with E-state index in [1.54, 1.807) is 24.3 Å². The molecular formula is C10H9O4P-2. The molecule has 1 aliphatic carbocycles. The zero-order valence-corrected chi connectivity index (χ0v) is 8.78. The summed E-state index contributed by atoms with van der Waals surface area (Å²) in [6.07, 6.45) is 0.584. The van der Waals surface area contributed by atoms with Crippen molar-refractivity contribution in [1.29, 1.82) is 0 Å². The van der Waals surface area contributed by atoms with Crippen LogP contribution in [0.4, 0.5) is 0 Å². The highest BCUT2D eigenvalue weighted by Gasteiger charge is 2.29. The fraction of sp³-hybridized carbons (Fsp3) is 0.300. The van der Waals surface area contributed by atoms with E-state index in [0.717, 1.165) is 5.56 Å². The Balaban J connectivity index is 2.43. The van der Waals surface area contributed by atoms with E-state index in [-0.39, 0.29) is 6.42 Å². The standard InChI is InChI=1S/C10H11O4P/c11-10-8-4-2-1-3-7(8)5-6-9(10)15(12,13)14/h1-4,9H,5-6H2,(H2,12,13,14)/p-2. The van der Waals surface area contributed by atoms with Crippen LogP contribution in [0.15, 0.2) is 24.3 Å². The van der Waals surface area contributed by atoms with E-state index >= 15 is 0 Å². The van der Waals surface area contributed by atoms with Crippen LogP contribution < -0.4 is 9.79 Å². The molecule has 0 bridgehead atoms. The van der Waals surface area contributed by atoms with Crippen molar-refractivity contribution in [3.05, 3.63) is 35.4 Å². The van der Waals surface area contributed by atoms with Crippen LogP contribution in [0.3, 0.4) is 0 Å². The van der Waals surface area contributed by atoms with Crippen LogP contribution in [-0.2, 0) is 11.0 Å². The first-order valence-electron chi connectivity index (χ1n) is 4.64. The van der Waals surface area contributed by atoms with E-state index in [9.17, 15) is 19.1 Å². The Bertz CT molecular complexity index is 448. The zero-order chi connectivity index (χ0) is 11.1. The van der Waals surface area contributed by atoms with Gasteiger partial charge in [-0.15, -0.1) is 0 Å². The van der Waals surface area contributed by atoms with E-state index in [1.807, 2.05) is 0 Å². The molecule has 15 heavy (non-hydrogen) atoms. The molecule has 0 N–H and O–H groups in total. The maximum Gasteiger partial charge on any atom is 0.171 e. The second-order valence-corrected chi connectivity index (χ2v) is 5.32. The predicted molar refractivity (Wildman–Crippen MR) is 50.5 cm³/mol. The lowest BCUT2D eigenvalue weighted by atomic mass is 9.90. The van der Waals surface area contributed by atoms with Gasteiger partial charge in [0.25, 0.3) is 0 Å². The molecule has 1 aromatic rings. The van der Waals surface area contributed by atoms with Gasteiger partial charge in [0.2, 0.25) is 0 Å². The smallest absolute Gasteiger partial charge is 0.171 e. The molecule has 0 aliphatic heterocycles. The van der Waals surface area contributed by atoms with Crippen molar-refractivity contribution in [2.24, 2.45) is 0 Å². The molecule has 0 spiro atoms. The van der Waals surface area contributed by atoms with E-state index in [2.05, 4.69) is 0 Å². The van der Waals surface area contributed by atoms with Gasteiger partial charge in [-0.25, -0.2) is 0 Å². The average molecular weight is 224 g/mol. The Morgan fingerprint density at radius 1 is 1.27 bits per heavy atom. The molecule has 0 fully saturated rings. The fourth-order valence-electron chi connectivity index (χ4n) is 1.88. The SMILES string of the molecule is O=C1c2ccccc2CCC1P(=O)([O-])[O-]. The molecule has 0 heterocycles. The van der Waals surface area contributed by atoms with E-state index in [4.69, 9.17) is 0 Å². The number of ketones is 1. The molecule has 0 aromatic heterocycles. The Morgan fingerprint density at radius 3 is 2.60 bits per heavy atom. The minimum Gasteiger partial charge on any atom is -0.810 e. The first-order chi connectivity index (χ1) is 7.00. The largest absolute Gasteiger partial charge is 0.810 e. The molecule has 0 saturated carbocycles. The number of rotatable bonds is 1. The van der Waals surface area contributed by atoms with Crippen LogP contribution in [0.2, 0.25) is 0 Å². The number of carbonyl (C=O) groups excluding carboxylic acids is 1. The molecule has 1 unspecified atom stereocenters. The van der Waals surface area contributed by atoms with Crippen LogP contribution in [0.25, 0.3) is 0 Å². The van der Waals surface area contributed by atoms with Gasteiger partial charge in [-0.3, -0.25) is 4.79 Å². The van der Waals surface area contributed by atoms with Crippen LogP contribution in [0.5, 0.6) is 0 Å². The molecule has 1 aromatic carbocycles.